The van der Waals surface area contributed by atoms with Gasteiger partial charge in [-0.1, -0.05) is 44.7 Å². The third-order valence-electron chi connectivity index (χ3n) is 6.71. The molecule has 0 radical (unpaired) electrons. The van der Waals surface area contributed by atoms with E-state index in [0.29, 0.717) is 117 Å². The summed E-state index contributed by atoms with van der Waals surface area (Å²) in [5.41, 5.74) is 0.892. The van der Waals surface area contributed by atoms with Crippen LogP contribution in [-0.2, 0) is 42.6 Å². The number of carbonyl (C=O) groups is 2. The highest BCUT2D eigenvalue weighted by Gasteiger charge is 2.34. The van der Waals surface area contributed by atoms with Gasteiger partial charge in [0, 0.05) is 6.61 Å². The molecule has 0 atom stereocenters. The zero-order valence-corrected chi connectivity index (χ0v) is 27.2. The molecule has 0 bridgehead atoms. The van der Waals surface area contributed by atoms with Crippen LogP contribution in [0.2, 0.25) is 0 Å². The van der Waals surface area contributed by atoms with Gasteiger partial charge in [0.05, 0.1) is 130 Å². The SMILES string of the molecule is CCCCCCCOCCOCCOCCOCCOCCOCCOCCOCCOCCN1C(=O)c2ccccc2C1=O. The van der Waals surface area contributed by atoms with E-state index < -0.39 is 0 Å². The molecule has 1 heterocycles. The topological polar surface area (TPSA) is 120 Å². The van der Waals surface area contributed by atoms with Crippen LogP contribution in [-0.4, -0.2) is 142 Å². The first-order valence-electron chi connectivity index (χ1n) is 16.4. The molecule has 45 heavy (non-hydrogen) atoms. The van der Waals surface area contributed by atoms with E-state index in [2.05, 4.69) is 6.92 Å². The van der Waals surface area contributed by atoms with Crippen molar-refractivity contribution < 1.29 is 52.2 Å². The lowest BCUT2D eigenvalue weighted by molar-refractivity contribution is -0.0252. The monoisotopic (exact) mass is 641 g/mol. The fourth-order valence-electron chi connectivity index (χ4n) is 4.27. The Bertz CT molecular complexity index is 838. The number of benzene rings is 1. The number of rotatable bonds is 33. The number of ether oxygens (including phenoxy) is 9. The third kappa shape index (κ3) is 19.3. The van der Waals surface area contributed by atoms with Crippen LogP contribution in [0.4, 0.5) is 0 Å². The van der Waals surface area contributed by atoms with Gasteiger partial charge in [-0.15, -0.1) is 0 Å². The predicted octanol–water partition coefficient (Wildman–Crippen LogP) is 3.40. The quantitative estimate of drug-likeness (QED) is 0.0830. The van der Waals surface area contributed by atoms with Crippen molar-refractivity contribution in [1.29, 1.82) is 0 Å². The lowest BCUT2D eigenvalue weighted by atomic mass is 10.1. The average molecular weight is 642 g/mol. The predicted molar refractivity (Wildman–Crippen MR) is 168 cm³/mol. The van der Waals surface area contributed by atoms with E-state index >= 15 is 0 Å². The second-order valence-corrected chi connectivity index (χ2v) is 10.2. The molecule has 0 aromatic heterocycles. The number of hydrogen-bond acceptors (Lipinski definition) is 11. The lowest BCUT2D eigenvalue weighted by Gasteiger charge is -2.13. The summed E-state index contributed by atoms with van der Waals surface area (Å²) >= 11 is 0. The summed E-state index contributed by atoms with van der Waals surface area (Å²) in [6, 6.07) is 6.83. The molecule has 1 aliphatic rings. The van der Waals surface area contributed by atoms with Crippen molar-refractivity contribution in [3.05, 3.63) is 35.4 Å². The molecular formula is C33H55NO11. The van der Waals surface area contributed by atoms with Gasteiger partial charge < -0.3 is 42.6 Å². The van der Waals surface area contributed by atoms with Gasteiger partial charge >= 0.3 is 0 Å². The second-order valence-electron chi connectivity index (χ2n) is 10.2. The van der Waals surface area contributed by atoms with Crippen LogP contribution in [0, 0.1) is 0 Å². The summed E-state index contributed by atoms with van der Waals surface area (Å²) in [4.78, 5) is 25.8. The van der Waals surface area contributed by atoms with Crippen molar-refractivity contribution in [3.8, 4) is 0 Å². The van der Waals surface area contributed by atoms with E-state index in [4.69, 9.17) is 42.6 Å². The minimum absolute atomic E-state index is 0.219. The van der Waals surface area contributed by atoms with Crippen molar-refractivity contribution in [1.82, 2.24) is 4.90 Å². The Morgan fingerprint density at radius 3 is 1.09 bits per heavy atom. The second kappa shape index (κ2) is 28.2. The minimum Gasteiger partial charge on any atom is -0.379 e. The van der Waals surface area contributed by atoms with Crippen LogP contribution >= 0.6 is 0 Å². The van der Waals surface area contributed by atoms with Gasteiger partial charge in [-0.3, -0.25) is 14.5 Å². The summed E-state index contributed by atoms with van der Waals surface area (Å²) < 4.78 is 49.4. The third-order valence-corrected chi connectivity index (χ3v) is 6.71. The van der Waals surface area contributed by atoms with Crippen molar-refractivity contribution >= 4 is 11.8 Å². The van der Waals surface area contributed by atoms with E-state index in [9.17, 15) is 9.59 Å². The van der Waals surface area contributed by atoms with Crippen LogP contribution in [0.3, 0.4) is 0 Å². The van der Waals surface area contributed by atoms with Gasteiger partial charge in [-0.2, -0.15) is 0 Å². The molecule has 0 aliphatic carbocycles. The molecule has 2 rings (SSSR count). The molecule has 1 aliphatic heterocycles. The number of unbranched alkanes of at least 4 members (excludes halogenated alkanes) is 4. The van der Waals surface area contributed by atoms with Crippen LogP contribution in [0.5, 0.6) is 0 Å². The number of imide groups is 1. The molecular weight excluding hydrogens is 586 g/mol. The molecule has 258 valence electrons. The molecule has 0 unspecified atom stereocenters. The first-order chi connectivity index (χ1) is 22.3. The van der Waals surface area contributed by atoms with Gasteiger partial charge in [0.2, 0.25) is 0 Å². The van der Waals surface area contributed by atoms with E-state index in [0.717, 1.165) is 13.0 Å². The smallest absolute Gasteiger partial charge is 0.261 e. The van der Waals surface area contributed by atoms with Crippen molar-refractivity contribution in [2.75, 3.05) is 125 Å². The number of hydrogen-bond donors (Lipinski definition) is 0. The minimum atomic E-state index is -0.274. The van der Waals surface area contributed by atoms with Crippen LogP contribution in [0.15, 0.2) is 24.3 Å². The average Bonchev–Trinajstić information content (AvgIpc) is 3.30. The standard InChI is InChI=1S/C33H55NO11/c1-2-3-4-5-8-12-37-14-16-39-18-20-41-22-24-43-26-28-45-29-27-44-25-23-42-21-19-40-17-15-38-13-11-34-32(35)30-9-6-7-10-31(30)33(34)36/h6-7,9-10H,2-5,8,11-29H2,1H3. The summed E-state index contributed by atoms with van der Waals surface area (Å²) in [6.07, 6.45) is 6.25. The Morgan fingerprint density at radius 2 is 0.733 bits per heavy atom. The summed E-state index contributed by atoms with van der Waals surface area (Å²) in [7, 11) is 0. The summed E-state index contributed by atoms with van der Waals surface area (Å²) in [5, 5.41) is 0. The van der Waals surface area contributed by atoms with Crippen molar-refractivity contribution in [2.45, 2.75) is 39.0 Å². The van der Waals surface area contributed by atoms with E-state index in [1.165, 1.54) is 30.6 Å². The van der Waals surface area contributed by atoms with E-state index in [-0.39, 0.29) is 25.0 Å². The molecule has 0 N–H and O–H groups in total. The van der Waals surface area contributed by atoms with Crippen molar-refractivity contribution in [3.63, 3.8) is 0 Å². The van der Waals surface area contributed by atoms with Crippen molar-refractivity contribution in [2.24, 2.45) is 0 Å². The highest BCUT2D eigenvalue weighted by Crippen LogP contribution is 2.21. The molecule has 0 spiro atoms. The molecule has 0 saturated carbocycles. The Hall–Kier alpha value is -2.00. The molecule has 0 saturated heterocycles. The Morgan fingerprint density at radius 1 is 0.422 bits per heavy atom. The molecule has 0 fully saturated rings. The zero-order valence-electron chi connectivity index (χ0n) is 27.2. The van der Waals surface area contributed by atoms with Gasteiger partial charge in [0.15, 0.2) is 0 Å². The first-order valence-corrected chi connectivity index (χ1v) is 16.4. The molecule has 2 amide bonds. The zero-order chi connectivity index (χ0) is 32.0. The first kappa shape index (κ1) is 39.2. The largest absolute Gasteiger partial charge is 0.379 e. The van der Waals surface area contributed by atoms with Gasteiger partial charge in [0.1, 0.15) is 0 Å². The fraction of sp³-hybridized carbons (Fsp3) is 0.758. The van der Waals surface area contributed by atoms with Crippen LogP contribution < -0.4 is 0 Å². The molecule has 12 nitrogen and oxygen atoms in total. The lowest BCUT2D eigenvalue weighted by Crippen LogP contribution is -2.33. The number of carbonyl (C=O) groups excluding carboxylic acids is 2. The highest BCUT2D eigenvalue weighted by molar-refractivity contribution is 6.21. The van der Waals surface area contributed by atoms with Gasteiger partial charge in [-0.05, 0) is 18.6 Å². The normalized spacial score (nSPS) is 12.9. The van der Waals surface area contributed by atoms with E-state index in [1.54, 1.807) is 24.3 Å². The molecule has 12 heteroatoms. The van der Waals surface area contributed by atoms with Crippen LogP contribution in [0.1, 0.15) is 59.7 Å². The van der Waals surface area contributed by atoms with Gasteiger partial charge in [0.25, 0.3) is 11.8 Å². The summed E-state index contributed by atoms with van der Waals surface area (Å²) in [6.45, 7) is 11.5. The highest BCUT2D eigenvalue weighted by atomic mass is 16.6. The molecule has 1 aromatic rings. The summed E-state index contributed by atoms with van der Waals surface area (Å²) in [5.74, 6) is -0.547. The fourth-order valence-corrected chi connectivity index (χ4v) is 4.27. The Balaban J connectivity index is 1.19. The van der Waals surface area contributed by atoms with Crippen LogP contribution in [0.25, 0.3) is 0 Å². The number of nitrogens with zero attached hydrogens (tertiary/aromatic N) is 1. The number of amides is 2. The maximum absolute atomic E-state index is 12.3. The Labute approximate surface area is 268 Å². The number of fused-ring (bicyclic) bond motifs is 1. The maximum atomic E-state index is 12.3. The van der Waals surface area contributed by atoms with E-state index in [1.807, 2.05) is 0 Å². The maximum Gasteiger partial charge on any atom is 0.261 e. The molecule has 1 aromatic carbocycles. The Kier molecular flexibility index (Phi) is 24.6. The van der Waals surface area contributed by atoms with Gasteiger partial charge in [-0.25, -0.2) is 0 Å².